The Morgan fingerprint density at radius 2 is 1.88 bits per heavy atom. The predicted octanol–water partition coefficient (Wildman–Crippen LogP) is 3.70. The molecule has 11 nitrogen and oxygen atoms in total. The third-order valence-corrected chi connectivity index (χ3v) is 8.19. The molecule has 1 aliphatic carbocycles. The molecule has 5 aromatic rings. The number of rotatable bonds is 6. The van der Waals surface area contributed by atoms with Gasteiger partial charge in [-0.05, 0) is 50.6 Å². The average molecular weight is 570 g/mol. The molecule has 1 saturated heterocycles. The van der Waals surface area contributed by atoms with Crippen LogP contribution in [0.2, 0.25) is 5.02 Å². The minimum atomic E-state index is -0.619. The fourth-order valence-corrected chi connectivity index (χ4v) is 5.75. The molecule has 2 unspecified atom stereocenters. The second kappa shape index (κ2) is 9.35. The highest BCUT2D eigenvalue weighted by Gasteiger charge is 2.59. The molecular formula is C29H28ClN9O2. The first-order valence-electron chi connectivity index (χ1n) is 13.4. The van der Waals surface area contributed by atoms with Crippen molar-refractivity contribution >= 4 is 28.4 Å². The molecule has 2 aliphatic rings. The van der Waals surface area contributed by atoms with Gasteiger partial charge >= 0.3 is 0 Å². The molecule has 7 rings (SSSR count). The van der Waals surface area contributed by atoms with E-state index < -0.39 is 5.54 Å². The summed E-state index contributed by atoms with van der Waals surface area (Å²) >= 11 is 6.38. The third kappa shape index (κ3) is 4.51. The van der Waals surface area contributed by atoms with Gasteiger partial charge in [0.25, 0.3) is 5.91 Å². The van der Waals surface area contributed by atoms with Crippen molar-refractivity contribution in [2.24, 2.45) is 17.6 Å². The number of nitrogens with zero attached hydrogens (tertiary/aromatic N) is 8. The first-order chi connectivity index (χ1) is 19.7. The smallest absolute Gasteiger partial charge is 0.257 e. The van der Waals surface area contributed by atoms with Crippen LogP contribution in [0.4, 0.5) is 0 Å². The number of halogens is 1. The largest absolute Gasteiger partial charge is 0.474 e. The molecule has 5 heterocycles. The van der Waals surface area contributed by atoms with Gasteiger partial charge in [0.05, 0.1) is 28.0 Å². The molecule has 1 saturated carbocycles. The summed E-state index contributed by atoms with van der Waals surface area (Å²) in [5, 5.41) is 10.5. The topological polar surface area (TPSA) is 130 Å². The monoisotopic (exact) mass is 569 g/mol. The highest BCUT2D eigenvalue weighted by molar-refractivity contribution is 6.35. The fraction of sp³-hybridized carbons (Fsp3) is 0.310. The lowest BCUT2D eigenvalue weighted by Crippen LogP contribution is -2.33. The number of aromatic nitrogens is 7. The zero-order valence-corrected chi connectivity index (χ0v) is 23.5. The van der Waals surface area contributed by atoms with Crippen molar-refractivity contribution in [2.45, 2.75) is 32.4 Å². The molecule has 1 aromatic carbocycles. The summed E-state index contributed by atoms with van der Waals surface area (Å²) in [6.45, 7) is 6.92. The maximum atomic E-state index is 13.4. The van der Waals surface area contributed by atoms with Gasteiger partial charge in [-0.1, -0.05) is 17.7 Å². The first-order valence-corrected chi connectivity index (χ1v) is 13.8. The Morgan fingerprint density at radius 3 is 2.61 bits per heavy atom. The van der Waals surface area contributed by atoms with E-state index in [1.165, 1.54) is 4.68 Å². The van der Waals surface area contributed by atoms with Crippen LogP contribution in [0, 0.1) is 18.8 Å². The van der Waals surface area contributed by atoms with Crippen LogP contribution in [0.3, 0.4) is 0 Å². The van der Waals surface area contributed by atoms with Crippen LogP contribution in [-0.2, 0) is 5.54 Å². The number of ether oxygens (including phenoxy) is 1. The molecule has 0 radical (unpaired) electrons. The number of nitrogens with two attached hydrogens (primary N) is 1. The van der Waals surface area contributed by atoms with Crippen molar-refractivity contribution in [3.8, 4) is 17.6 Å². The fourth-order valence-electron chi connectivity index (χ4n) is 5.53. The summed E-state index contributed by atoms with van der Waals surface area (Å²) in [6, 6.07) is 11.2. The molecular weight excluding hydrogens is 542 g/mol. The normalized spacial score (nSPS) is 19.9. The molecule has 208 valence electrons. The molecule has 0 spiro atoms. The van der Waals surface area contributed by atoms with E-state index in [2.05, 4.69) is 20.2 Å². The second-order valence-electron chi connectivity index (χ2n) is 11.2. The minimum absolute atomic E-state index is 0.0270. The van der Waals surface area contributed by atoms with Gasteiger partial charge in [-0.2, -0.15) is 15.2 Å². The van der Waals surface area contributed by atoms with E-state index >= 15 is 0 Å². The van der Waals surface area contributed by atoms with Crippen LogP contribution in [0.25, 0.3) is 22.7 Å². The van der Waals surface area contributed by atoms with Crippen molar-refractivity contribution in [3.63, 3.8) is 0 Å². The highest BCUT2D eigenvalue weighted by atomic mass is 35.5. The van der Waals surface area contributed by atoms with Crippen LogP contribution < -0.4 is 10.5 Å². The first kappa shape index (κ1) is 25.6. The molecule has 4 aromatic heterocycles. The number of piperidine rings is 1. The van der Waals surface area contributed by atoms with Gasteiger partial charge in [-0.25, -0.2) is 19.3 Å². The number of amides is 1. The number of hydrogen-bond acceptors (Lipinski definition) is 8. The summed E-state index contributed by atoms with van der Waals surface area (Å²) in [6.07, 6.45) is 6.69. The summed E-state index contributed by atoms with van der Waals surface area (Å²) in [5.41, 5.74) is 8.78. The minimum Gasteiger partial charge on any atom is -0.474 e. The summed E-state index contributed by atoms with van der Waals surface area (Å²) in [4.78, 5) is 28.4. The van der Waals surface area contributed by atoms with Gasteiger partial charge in [0.1, 0.15) is 6.10 Å². The SMILES string of the molecule is Cc1nn(-c2ncccn2)cc1C(=O)N1CC2C(C1)C2Oc1cc(C(C)(C)N)cc(-n2ncc3c(Cl)cccc32)n1. The van der Waals surface area contributed by atoms with Crippen LogP contribution in [0.1, 0.15) is 35.5 Å². The van der Waals surface area contributed by atoms with E-state index in [0.717, 1.165) is 16.5 Å². The van der Waals surface area contributed by atoms with Crippen molar-refractivity contribution in [1.82, 2.24) is 39.4 Å². The molecule has 0 bridgehead atoms. The lowest BCUT2D eigenvalue weighted by Gasteiger charge is -2.22. The Morgan fingerprint density at radius 1 is 1.12 bits per heavy atom. The molecule has 2 N–H and O–H groups in total. The molecule has 2 atom stereocenters. The van der Waals surface area contributed by atoms with E-state index in [0.29, 0.717) is 47.0 Å². The van der Waals surface area contributed by atoms with Crippen molar-refractivity contribution in [1.29, 1.82) is 0 Å². The number of hydrogen-bond donors (Lipinski definition) is 1. The van der Waals surface area contributed by atoms with Gasteiger partial charge in [0.15, 0.2) is 5.82 Å². The molecule has 1 aliphatic heterocycles. The number of carbonyl (C=O) groups is 1. The summed E-state index contributed by atoms with van der Waals surface area (Å²) < 4.78 is 9.71. The highest BCUT2D eigenvalue weighted by Crippen LogP contribution is 2.48. The Kier molecular flexibility index (Phi) is 5.84. The number of likely N-dealkylation sites (tertiary alicyclic amines) is 1. The number of carbonyl (C=O) groups excluding carboxylic acids is 1. The van der Waals surface area contributed by atoms with E-state index in [9.17, 15) is 4.79 Å². The van der Waals surface area contributed by atoms with Crippen LogP contribution in [0.15, 0.2) is 61.2 Å². The molecule has 41 heavy (non-hydrogen) atoms. The van der Waals surface area contributed by atoms with E-state index in [1.54, 1.807) is 35.5 Å². The lowest BCUT2D eigenvalue weighted by molar-refractivity contribution is 0.0751. The third-order valence-electron chi connectivity index (χ3n) is 7.86. The lowest BCUT2D eigenvalue weighted by atomic mass is 9.96. The summed E-state index contributed by atoms with van der Waals surface area (Å²) in [7, 11) is 0. The zero-order valence-electron chi connectivity index (χ0n) is 22.8. The zero-order chi connectivity index (χ0) is 28.5. The molecule has 12 heteroatoms. The van der Waals surface area contributed by atoms with Crippen molar-refractivity contribution in [3.05, 3.63) is 83.0 Å². The van der Waals surface area contributed by atoms with E-state index in [-0.39, 0.29) is 23.8 Å². The summed E-state index contributed by atoms with van der Waals surface area (Å²) in [5.74, 6) is 1.93. The Balaban J connectivity index is 1.09. The van der Waals surface area contributed by atoms with Gasteiger partial charge < -0.3 is 15.4 Å². The van der Waals surface area contributed by atoms with Crippen LogP contribution in [0.5, 0.6) is 5.88 Å². The Hall–Kier alpha value is -4.35. The standard InChI is InChI=1S/C29H28ClN9O2/c1-16-19(15-38(36-16)28-32-8-5-9-33-28)27(40)37-13-20-21(14-37)26(20)41-25-11-17(29(2,3)31)10-24(35-25)39-23-7-4-6-22(30)18(23)12-34-39/h4-12,15,20-21,26H,13-14,31H2,1-3H3. The number of fused-ring (bicyclic) bond motifs is 2. The molecule has 2 fully saturated rings. The van der Waals surface area contributed by atoms with Gasteiger partial charge in [0.2, 0.25) is 11.8 Å². The second-order valence-corrected chi connectivity index (χ2v) is 11.7. The van der Waals surface area contributed by atoms with E-state index in [1.807, 2.05) is 56.0 Å². The van der Waals surface area contributed by atoms with Gasteiger partial charge in [0, 0.05) is 60.5 Å². The van der Waals surface area contributed by atoms with Gasteiger partial charge in [-0.3, -0.25) is 4.79 Å². The van der Waals surface area contributed by atoms with E-state index in [4.69, 9.17) is 27.1 Å². The number of aryl methyl sites for hydroxylation is 1. The maximum absolute atomic E-state index is 13.4. The number of pyridine rings is 1. The van der Waals surface area contributed by atoms with Gasteiger partial charge in [-0.15, -0.1) is 0 Å². The Labute approximate surface area is 240 Å². The van der Waals surface area contributed by atoms with Crippen LogP contribution >= 0.6 is 11.6 Å². The van der Waals surface area contributed by atoms with Crippen LogP contribution in [-0.4, -0.2) is 64.5 Å². The number of benzene rings is 1. The van der Waals surface area contributed by atoms with Crippen molar-refractivity contribution in [2.75, 3.05) is 13.1 Å². The Bertz CT molecular complexity index is 1780. The molecule has 1 amide bonds. The predicted molar refractivity (Wildman–Crippen MR) is 152 cm³/mol. The quantitative estimate of drug-likeness (QED) is 0.328. The average Bonchev–Trinajstić information content (AvgIpc) is 3.40. The van der Waals surface area contributed by atoms with Crippen molar-refractivity contribution < 1.29 is 9.53 Å². The maximum Gasteiger partial charge on any atom is 0.257 e.